The molecule has 1 aromatic rings. The van der Waals surface area contributed by atoms with Crippen LogP contribution in [0.15, 0.2) is 17.2 Å². The average molecular weight is 271 g/mol. The summed E-state index contributed by atoms with van der Waals surface area (Å²) in [5.74, 6) is 0.247. The number of carbonyl (C=O) groups is 1. The van der Waals surface area contributed by atoms with Crippen LogP contribution in [0.25, 0.3) is 0 Å². The quantitative estimate of drug-likeness (QED) is 0.464. The van der Waals surface area contributed by atoms with Crippen LogP contribution in [0.1, 0.15) is 20.3 Å². The molecule has 0 bridgehead atoms. The Morgan fingerprint density at radius 1 is 1.50 bits per heavy atom. The van der Waals surface area contributed by atoms with Gasteiger partial charge in [-0.2, -0.15) is 5.10 Å². The van der Waals surface area contributed by atoms with Crippen molar-refractivity contribution in [2.75, 3.05) is 18.7 Å². The minimum Gasteiger partial charge on any atom is -0.466 e. The largest absolute Gasteiger partial charge is 0.466 e. The number of aromatic nitrogens is 2. The van der Waals surface area contributed by atoms with Gasteiger partial charge in [0.1, 0.15) is 0 Å². The minimum absolute atomic E-state index is 0.152. The molecule has 0 spiro atoms. The van der Waals surface area contributed by atoms with Crippen molar-refractivity contribution in [2.24, 2.45) is 5.10 Å². The summed E-state index contributed by atoms with van der Waals surface area (Å²) in [6.07, 6.45) is 0.152. The Balaban J connectivity index is 2.64. The number of nitrogens with zero attached hydrogens (tertiary/aromatic N) is 4. The van der Waals surface area contributed by atoms with E-state index in [0.717, 1.165) is 0 Å². The van der Waals surface area contributed by atoms with Crippen LogP contribution < -0.4 is 5.01 Å². The maximum Gasteiger partial charge on any atom is 0.311 e. The molecule has 1 aromatic heterocycles. The molecule has 0 amide bonds. The molecular formula is C11H15ClN4O2. The van der Waals surface area contributed by atoms with E-state index in [-0.39, 0.29) is 12.4 Å². The molecule has 1 heterocycles. The number of halogens is 1. The highest BCUT2D eigenvalue weighted by Gasteiger charge is 2.07. The first-order valence-electron chi connectivity index (χ1n) is 5.45. The van der Waals surface area contributed by atoms with Crippen LogP contribution in [-0.4, -0.2) is 35.5 Å². The zero-order valence-corrected chi connectivity index (χ0v) is 11.3. The van der Waals surface area contributed by atoms with E-state index in [0.29, 0.717) is 23.3 Å². The van der Waals surface area contributed by atoms with E-state index in [9.17, 15) is 4.79 Å². The van der Waals surface area contributed by atoms with Crippen LogP contribution in [0.2, 0.25) is 5.15 Å². The number of esters is 1. The third kappa shape index (κ3) is 4.67. The van der Waals surface area contributed by atoms with Crippen LogP contribution in [0.5, 0.6) is 0 Å². The van der Waals surface area contributed by atoms with E-state index >= 15 is 0 Å². The number of hydrazone groups is 1. The molecule has 0 N–H and O–H groups in total. The average Bonchev–Trinajstić information content (AvgIpc) is 2.29. The second kappa shape index (κ2) is 6.90. The molecule has 6 nitrogen and oxygen atoms in total. The summed E-state index contributed by atoms with van der Waals surface area (Å²) in [4.78, 5) is 11.2. The molecule has 0 unspecified atom stereocenters. The first-order valence-corrected chi connectivity index (χ1v) is 5.83. The number of hydrogen-bond acceptors (Lipinski definition) is 6. The molecule has 0 aliphatic heterocycles. The van der Waals surface area contributed by atoms with Crippen molar-refractivity contribution in [3.8, 4) is 0 Å². The molecule has 0 aliphatic rings. The van der Waals surface area contributed by atoms with Crippen molar-refractivity contribution in [2.45, 2.75) is 20.3 Å². The number of hydrogen-bond donors (Lipinski definition) is 0. The van der Waals surface area contributed by atoms with Gasteiger partial charge in [0.15, 0.2) is 11.0 Å². The summed E-state index contributed by atoms with van der Waals surface area (Å²) in [5, 5.41) is 13.6. The van der Waals surface area contributed by atoms with Gasteiger partial charge in [0.25, 0.3) is 0 Å². The van der Waals surface area contributed by atoms with Gasteiger partial charge in [-0.25, -0.2) is 5.01 Å². The normalized spacial score (nSPS) is 11.2. The summed E-state index contributed by atoms with van der Waals surface area (Å²) in [5.41, 5.74) is 0.632. The topological polar surface area (TPSA) is 67.7 Å². The van der Waals surface area contributed by atoms with Crippen molar-refractivity contribution in [1.82, 2.24) is 10.2 Å². The Morgan fingerprint density at radius 2 is 2.22 bits per heavy atom. The van der Waals surface area contributed by atoms with Crippen LogP contribution in [0.3, 0.4) is 0 Å². The van der Waals surface area contributed by atoms with Crippen LogP contribution in [0, 0.1) is 0 Å². The van der Waals surface area contributed by atoms with E-state index in [1.54, 1.807) is 33.0 Å². The second-order valence-electron chi connectivity index (χ2n) is 3.55. The van der Waals surface area contributed by atoms with Gasteiger partial charge in [-0.1, -0.05) is 11.6 Å². The predicted octanol–water partition coefficient (Wildman–Crippen LogP) is 1.90. The van der Waals surface area contributed by atoms with Gasteiger partial charge in [0.05, 0.1) is 13.0 Å². The monoisotopic (exact) mass is 270 g/mol. The summed E-state index contributed by atoms with van der Waals surface area (Å²) < 4.78 is 4.83. The third-order valence-electron chi connectivity index (χ3n) is 1.98. The van der Waals surface area contributed by atoms with Crippen molar-refractivity contribution < 1.29 is 9.53 Å². The molecule has 0 radical (unpaired) electrons. The van der Waals surface area contributed by atoms with Gasteiger partial charge in [-0.3, -0.25) is 4.79 Å². The van der Waals surface area contributed by atoms with E-state index in [1.807, 2.05) is 0 Å². The summed E-state index contributed by atoms with van der Waals surface area (Å²) in [7, 11) is 1.71. The molecular weight excluding hydrogens is 256 g/mol. The third-order valence-corrected chi connectivity index (χ3v) is 2.18. The highest BCUT2D eigenvalue weighted by atomic mass is 35.5. The lowest BCUT2D eigenvalue weighted by molar-refractivity contribution is -0.141. The number of anilines is 1. The molecule has 1 rings (SSSR count). The second-order valence-corrected chi connectivity index (χ2v) is 3.94. The van der Waals surface area contributed by atoms with Crippen molar-refractivity contribution in [1.29, 1.82) is 0 Å². The number of carbonyl (C=O) groups excluding carboxylic acids is 1. The number of rotatable bonds is 5. The van der Waals surface area contributed by atoms with Crippen molar-refractivity contribution in [3.63, 3.8) is 0 Å². The molecule has 0 fully saturated rings. The Bertz CT molecular complexity index is 433. The zero-order chi connectivity index (χ0) is 13.5. The lowest BCUT2D eigenvalue weighted by Gasteiger charge is -2.12. The van der Waals surface area contributed by atoms with Gasteiger partial charge in [-0.05, 0) is 26.0 Å². The van der Waals surface area contributed by atoms with E-state index < -0.39 is 0 Å². The summed E-state index contributed by atoms with van der Waals surface area (Å²) in [6, 6.07) is 3.31. The lowest BCUT2D eigenvalue weighted by atomic mass is 10.3. The van der Waals surface area contributed by atoms with Gasteiger partial charge in [-0.15, -0.1) is 10.2 Å². The lowest BCUT2D eigenvalue weighted by Crippen LogP contribution is -2.16. The Kier molecular flexibility index (Phi) is 5.51. The van der Waals surface area contributed by atoms with Crippen molar-refractivity contribution in [3.05, 3.63) is 17.3 Å². The fourth-order valence-electron chi connectivity index (χ4n) is 1.25. The summed E-state index contributed by atoms with van der Waals surface area (Å²) >= 11 is 5.64. The fourth-order valence-corrected chi connectivity index (χ4v) is 1.35. The molecule has 0 saturated carbocycles. The maximum atomic E-state index is 11.2. The highest BCUT2D eigenvalue weighted by molar-refractivity contribution is 6.29. The van der Waals surface area contributed by atoms with Crippen LogP contribution in [0.4, 0.5) is 5.82 Å². The Hall–Kier alpha value is -1.69. The van der Waals surface area contributed by atoms with Crippen LogP contribution in [-0.2, 0) is 9.53 Å². The molecule has 0 aromatic carbocycles. The molecule has 0 aliphatic carbocycles. The van der Waals surface area contributed by atoms with Crippen LogP contribution >= 0.6 is 11.6 Å². The van der Waals surface area contributed by atoms with E-state index in [2.05, 4.69) is 15.3 Å². The maximum absolute atomic E-state index is 11.2. The highest BCUT2D eigenvalue weighted by Crippen LogP contribution is 2.10. The standard InChI is InChI=1S/C11H15ClN4O2/c1-4-18-11(17)7-8(2)15-16(3)10-6-5-9(12)13-14-10/h5-6H,4,7H2,1-3H3/b15-8-. The molecule has 7 heteroatoms. The fraction of sp³-hybridized carbons (Fsp3) is 0.455. The summed E-state index contributed by atoms with van der Waals surface area (Å²) in [6.45, 7) is 3.88. The van der Waals surface area contributed by atoms with Gasteiger partial charge in [0, 0.05) is 12.8 Å². The van der Waals surface area contributed by atoms with Gasteiger partial charge in [0.2, 0.25) is 0 Å². The van der Waals surface area contributed by atoms with Crippen molar-refractivity contribution >= 4 is 29.1 Å². The van der Waals surface area contributed by atoms with E-state index in [1.165, 1.54) is 5.01 Å². The minimum atomic E-state index is -0.297. The Labute approximate surface area is 111 Å². The zero-order valence-electron chi connectivity index (χ0n) is 10.6. The molecule has 0 atom stereocenters. The van der Waals surface area contributed by atoms with Gasteiger partial charge < -0.3 is 4.74 Å². The first-order chi connectivity index (χ1) is 8.52. The SMILES string of the molecule is CCOC(=O)C/C(C)=N\N(C)c1ccc(Cl)nn1. The smallest absolute Gasteiger partial charge is 0.311 e. The Morgan fingerprint density at radius 3 is 2.78 bits per heavy atom. The van der Waals surface area contributed by atoms with E-state index in [4.69, 9.17) is 16.3 Å². The molecule has 0 saturated heterocycles. The first kappa shape index (κ1) is 14.4. The predicted molar refractivity (Wildman–Crippen MR) is 69.8 cm³/mol. The molecule has 98 valence electrons. The number of ether oxygens (including phenoxy) is 1. The molecule has 18 heavy (non-hydrogen) atoms. The van der Waals surface area contributed by atoms with Gasteiger partial charge >= 0.3 is 5.97 Å².